The lowest BCUT2D eigenvalue weighted by Gasteiger charge is -2.32. The molecule has 1 saturated carbocycles. The second-order valence-corrected chi connectivity index (χ2v) is 6.41. The Morgan fingerprint density at radius 1 is 1.19 bits per heavy atom. The van der Waals surface area contributed by atoms with Crippen molar-refractivity contribution in [2.45, 2.75) is 43.8 Å². The van der Waals surface area contributed by atoms with Gasteiger partial charge in [-0.1, -0.05) is 5.21 Å². The van der Waals surface area contributed by atoms with Crippen molar-refractivity contribution in [3.05, 3.63) is 11.9 Å². The summed E-state index contributed by atoms with van der Waals surface area (Å²) in [5, 5.41) is 14.3. The molecule has 3 aliphatic rings. The van der Waals surface area contributed by atoms with E-state index in [2.05, 4.69) is 25.8 Å². The van der Waals surface area contributed by atoms with Crippen molar-refractivity contribution in [1.82, 2.24) is 30.5 Å². The summed E-state index contributed by atoms with van der Waals surface area (Å²) in [5.74, 6) is -0.0848. The molecular weight excluding hydrogens is 268 g/mol. The highest BCUT2D eigenvalue weighted by Crippen LogP contribution is 2.29. The van der Waals surface area contributed by atoms with Crippen LogP contribution >= 0.6 is 0 Å². The molecule has 0 unspecified atom stereocenters. The van der Waals surface area contributed by atoms with Gasteiger partial charge in [0.1, 0.15) is 0 Å². The summed E-state index contributed by atoms with van der Waals surface area (Å²) in [7, 11) is 0. The first kappa shape index (κ1) is 13.2. The Morgan fingerprint density at radius 2 is 1.95 bits per heavy atom. The molecule has 3 fully saturated rings. The summed E-state index contributed by atoms with van der Waals surface area (Å²) in [6.45, 7) is 4.03. The molecule has 1 aromatic rings. The van der Waals surface area contributed by atoms with Crippen molar-refractivity contribution >= 4 is 5.91 Å². The maximum atomic E-state index is 12.2. The Balaban J connectivity index is 1.30. The summed E-state index contributed by atoms with van der Waals surface area (Å²) in [4.78, 5) is 14.8. The van der Waals surface area contributed by atoms with Crippen LogP contribution < -0.4 is 10.6 Å². The van der Waals surface area contributed by atoms with Crippen molar-refractivity contribution in [1.29, 1.82) is 0 Å². The highest BCUT2D eigenvalue weighted by atomic mass is 16.2. The van der Waals surface area contributed by atoms with Gasteiger partial charge in [0.15, 0.2) is 5.69 Å². The monoisotopic (exact) mass is 290 g/mol. The highest BCUT2D eigenvalue weighted by molar-refractivity contribution is 5.92. The lowest BCUT2D eigenvalue weighted by Crippen LogP contribution is -2.45. The van der Waals surface area contributed by atoms with Crippen LogP contribution in [-0.4, -0.2) is 64.1 Å². The van der Waals surface area contributed by atoms with Gasteiger partial charge in [-0.3, -0.25) is 4.79 Å². The van der Waals surface area contributed by atoms with Gasteiger partial charge < -0.3 is 15.5 Å². The summed E-state index contributed by atoms with van der Waals surface area (Å²) in [6.07, 6.45) is 6.57. The van der Waals surface area contributed by atoms with Crippen LogP contribution in [0.25, 0.3) is 0 Å². The standard InChI is InChI=1S/C14H22N6O/c21-14(13-9-20(18-17-13)12-7-15-8-12)16-10-3-5-19(6-4-10)11-1-2-11/h9-12,15H,1-8H2,(H,16,21). The van der Waals surface area contributed by atoms with E-state index in [1.165, 1.54) is 12.8 Å². The maximum Gasteiger partial charge on any atom is 0.273 e. The molecule has 0 bridgehead atoms. The molecule has 4 rings (SSSR count). The molecule has 2 N–H and O–H groups in total. The molecule has 114 valence electrons. The van der Waals surface area contributed by atoms with Gasteiger partial charge in [0, 0.05) is 38.3 Å². The van der Waals surface area contributed by atoms with Crippen LogP contribution in [0, 0.1) is 0 Å². The second-order valence-electron chi connectivity index (χ2n) is 6.41. The van der Waals surface area contributed by atoms with E-state index in [0.29, 0.717) is 11.7 Å². The molecule has 0 radical (unpaired) electrons. The molecule has 7 nitrogen and oxygen atoms in total. The van der Waals surface area contributed by atoms with Crippen LogP contribution in [-0.2, 0) is 0 Å². The quantitative estimate of drug-likeness (QED) is 0.802. The van der Waals surface area contributed by atoms with Gasteiger partial charge in [0.05, 0.1) is 12.2 Å². The zero-order valence-corrected chi connectivity index (χ0v) is 12.2. The van der Waals surface area contributed by atoms with Gasteiger partial charge in [0.2, 0.25) is 0 Å². The van der Waals surface area contributed by atoms with Crippen molar-refractivity contribution in [3.8, 4) is 0 Å². The molecule has 1 amide bonds. The van der Waals surface area contributed by atoms with E-state index in [1.54, 1.807) is 10.9 Å². The molecule has 3 heterocycles. The summed E-state index contributed by atoms with van der Waals surface area (Å²) in [6, 6.07) is 1.46. The fourth-order valence-corrected chi connectivity index (χ4v) is 3.13. The number of hydrogen-bond donors (Lipinski definition) is 2. The van der Waals surface area contributed by atoms with Gasteiger partial charge in [-0.15, -0.1) is 5.10 Å². The topological polar surface area (TPSA) is 75.1 Å². The van der Waals surface area contributed by atoms with Crippen LogP contribution in [0.5, 0.6) is 0 Å². The first-order valence-corrected chi connectivity index (χ1v) is 7.97. The smallest absolute Gasteiger partial charge is 0.273 e. The van der Waals surface area contributed by atoms with Crippen molar-refractivity contribution in [2.75, 3.05) is 26.2 Å². The van der Waals surface area contributed by atoms with Gasteiger partial charge in [-0.05, 0) is 25.7 Å². The van der Waals surface area contributed by atoms with Crippen LogP contribution in [0.2, 0.25) is 0 Å². The summed E-state index contributed by atoms with van der Waals surface area (Å²) < 4.78 is 1.79. The highest BCUT2D eigenvalue weighted by Gasteiger charge is 2.32. The van der Waals surface area contributed by atoms with Crippen LogP contribution in [0.4, 0.5) is 0 Å². The summed E-state index contributed by atoms with van der Waals surface area (Å²) in [5.41, 5.74) is 0.437. The van der Waals surface area contributed by atoms with E-state index in [0.717, 1.165) is 45.1 Å². The maximum absolute atomic E-state index is 12.2. The number of aromatic nitrogens is 3. The lowest BCUT2D eigenvalue weighted by atomic mass is 10.0. The summed E-state index contributed by atoms with van der Waals surface area (Å²) >= 11 is 0. The fourth-order valence-electron chi connectivity index (χ4n) is 3.13. The van der Waals surface area contributed by atoms with Crippen LogP contribution in [0.1, 0.15) is 42.2 Å². The van der Waals surface area contributed by atoms with Crippen molar-refractivity contribution < 1.29 is 4.79 Å². The third kappa shape index (κ3) is 2.80. The van der Waals surface area contributed by atoms with Gasteiger partial charge in [-0.25, -0.2) is 4.68 Å². The molecule has 1 aliphatic carbocycles. The zero-order chi connectivity index (χ0) is 14.2. The van der Waals surface area contributed by atoms with Crippen LogP contribution in [0.3, 0.4) is 0 Å². The van der Waals surface area contributed by atoms with E-state index >= 15 is 0 Å². The molecule has 7 heteroatoms. The molecular formula is C14H22N6O. The first-order valence-electron chi connectivity index (χ1n) is 7.97. The van der Waals surface area contributed by atoms with Crippen molar-refractivity contribution in [3.63, 3.8) is 0 Å². The third-order valence-electron chi connectivity index (χ3n) is 4.81. The van der Waals surface area contributed by atoms with Crippen LogP contribution in [0.15, 0.2) is 6.20 Å². The molecule has 21 heavy (non-hydrogen) atoms. The number of rotatable bonds is 4. The molecule has 2 aliphatic heterocycles. The van der Waals surface area contributed by atoms with Crippen molar-refractivity contribution in [2.24, 2.45) is 0 Å². The normalized spacial score (nSPS) is 24.8. The Bertz CT molecular complexity index is 513. The van der Waals surface area contributed by atoms with E-state index in [1.807, 2.05) is 0 Å². The van der Waals surface area contributed by atoms with E-state index in [9.17, 15) is 4.79 Å². The SMILES string of the molecule is O=C(NC1CCN(C2CC2)CC1)c1cn(C2CNC2)nn1. The average Bonchev–Trinajstić information content (AvgIpc) is 3.17. The Kier molecular flexibility index (Phi) is 3.39. The number of amides is 1. The molecule has 2 saturated heterocycles. The Labute approximate surface area is 124 Å². The Hall–Kier alpha value is -1.47. The third-order valence-corrected chi connectivity index (χ3v) is 4.81. The number of carbonyl (C=O) groups excluding carboxylic acids is 1. The minimum atomic E-state index is -0.0848. The fraction of sp³-hybridized carbons (Fsp3) is 0.786. The predicted octanol–water partition coefficient (Wildman–Crippen LogP) is -0.221. The average molecular weight is 290 g/mol. The molecule has 0 spiro atoms. The minimum Gasteiger partial charge on any atom is -0.348 e. The number of piperidine rings is 1. The van der Waals surface area contributed by atoms with Gasteiger partial charge in [0.25, 0.3) is 5.91 Å². The second kappa shape index (κ2) is 5.38. The van der Waals surface area contributed by atoms with E-state index in [4.69, 9.17) is 0 Å². The van der Waals surface area contributed by atoms with E-state index < -0.39 is 0 Å². The number of likely N-dealkylation sites (tertiary alicyclic amines) is 1. The number of nitrogens with zero attached hydrogens (tertiary/aromatic N) is 4. The zero-order valence-electron chi connectivity index (χ0n) is 12.2. The van der Waals surface area contributed by atoms with E-state index in [-0.39, 0.29) is 11.9 Å². The lowest BCUT2D eigenvalue weighted by molar-refractivity contribution is 0.0904. The molecule has 1 aromatic heterocycles. The van der Waals surface area contributed by atoms with Gasteiger partial charge in [-0.2, -0.15) is 0 Å². The molecule has 0 aromatic carbocycles. The number of hydrogen-bond acceptors (Lipinski definition) is 5. The number of carbonyl (C=O) groups is 1. The number of nitrogens with one attached hydrogen (secondary N) is 2. The predicted molar refractivity (Wildman–Crippen MR) is 77.0 cm³/mol. The Morgan fingerprint density at radius 3 is 2.57 bits per heavy atom. The minimum absolute atomic E-state index is 0.0848. The first-order chi connectivity index (χ1) is 10.3. The molecule has 0 atom stereocenters. The largest absolute Gasteiger partial charge is 0.348 e. The van der Waals surface area contributed by atoms with Gasteiger partial charge >= 0.3 is 0 Å².